The van der Waals surface area contributed by atoms with Crippen molar-refractivity contribution in [2.24, 2.45) is 5.92 Å². The van der Waals surface area contributed by atoms with Crippen LogP contribution in [0.25, 0.3) is 10.9 Å². The third-order valence-corrected chi connectivity index (χ3v) is 4.50. The second kappa shape index (κ2) is 5.93. The van der Waals surface area contributed by atoms with Gasteiger partial charge in [0.1, 0.15) is 11.4 Å². The van der Waals surface area contributed by atoms with Gasteiger partial charge in [0, 0.05) is 35.2 Å². The largest absolute Gasteiger partial charge is 0.440 e. The van der Waals surface area contributed by atoms with Crippen molar-refractivity contribution in [3.8, 4) is 11.8 Å². The molecule has 2 unspecified atom stereocenters. The van der Waals surface area contributed by atoms with Crippen molar-refractivity contribution in [3.05, 3.63) is 76.0 Å². The van der Waals surface area contributed by atoms with Gasteiger partial charge < -0.3 is 4.74 Å². The Balaban J connectivity index is 1.98. The summed E-state index contributed by atoms with van der Waals surface area (Å²) in [5.74, 6) is -1.17. The van der Waals surface area contributed by atoms with E-state index in [0.29, 0.717) is 22.4 Å². The Kier molecular flexibility index (Phi) is 3.59. The van der Waals surface area contributed by atoms with Crippen molar-refractivity contribution < 1.29 is 9.66 Å². The molecular weight excluding hydrogens is 332 g/mol. The molecule has 4 rings (SSSR count). The fourth-order valence-corrected chi connectivity index (χ4v) is 3.33. The van der Waals surface area contributed by atoms with Gasteiger partial charge in [-0.2, -0.15) is 5.26 Å². The third kappa shape index (κ3) is 2.36. The van der Waals surface area contributed by atoms with E-state index in [4.69, 9.17) is 10.1 Å². The number of non-ortho nitro benzene ring substituents is 1. The average molecular weight is 344 g/mol. The van der Waals surface area contributed by atoms with Gasteiger partial charge in [0.25, 0.3) is 5.69 Å². The number of benzene rings is 2. The highest BCUT2D eigenvalue weighted by Gasteiger charge is 2.38. The summed E-state index contributed by atoms with van der Waals surface area (Å²) >= 11 is 0. The van der Waals surface area contributed by atoms with Gasteiger partial charge in [-0.3, -0.25) is 20.5 Å². The van der Waals surface area contributed by atoms with Gasteiger partial charge in [-0.15, -0.1) is 0 Å². The smallest absolute Gasteiger partial charge is 0.269 e. The molecule has 1 N–H and O–H groups in total. The topological polar surface area (TPSA) is 113 Å². The number of pyridine rings is 1. The fourth-order valence-electron chi connectivity index (χ4n) is 3.33. The highest BCUT2D eigenvalue weighted by molar-refractivity contribution is 5.93. The van der Waals surface area contributed by atoms with Crippen LogP contribution in [-0.2, 0) is 0 Å². The second-order valence-electron chi connectivity index (χ2n) is 5.96. The zero-order valence-electron chi connectivity index (χ0n) is 13.4. The maximum atomic E-state index is 11.1. The number of nitrogens with zero attached hydrogens (tertiary/aromatic N) is 3. The quantitative estimate of drug-likeness (QED) is 0.561. The molecule has 1 aliphatic heterocycles. The molecule has 0 bridgehead atoms. The maximum absolute atomic E-state index is 11.1. The molecule has 0 aliphatic carbocycles. The lowest BCUT2D eigenvalue weighted by Crippen LogP contribution is -2.31. The number of nitrogens with one attached hydrogen (secondary N) is 1. The normalized spacial score (nSPS) is 18.7. The van der Waals surface area contributed by atoms with Gasteiger partial charge in [-0.25, -0.2) is 0 Å². The van der Waals surface area contributed by atoms with E-state index in [0.717, 1.165) is 5.39 Å². The fraction of sp³-hybridized carbons (Fsp3) is 0.105. The number of ether oxygens (including phenoxy) is 1. The van der Waals surface area contributed by atoms with Crippen molar-refractivity contribution in [1.82, 2.24) is 4.98 Å². The van der Waals surface area contributed by atoms with Crippen LogP contribution in [-0.4, -0.2) is 15.8 Å². The van der Waals surface area contributed by atoms with Crippen LogP contribution < -0.4 is 4.74 Å². The Labute approximate surface area is 148 Å². The van der Waals surface area contributed by atoms with E-state index >= 15 is 0 Å². The number of nitro benzene ring substituents is 1. The first kappa shape index (κ1) is 15.7. The Hall–Kier alpha value is -3.79. The molecular formula is C19H12N4O3. The SMILES string of the molecule is N#CC1C(=N)Oc2c(ccc3cccnc23)C1c1cccc([N+](=O)[O-])c1. The molecule has 7 heteroatoms. The molecule has 0 amide bonds. The lowest BCUT2D eigenvalue weighted by molar-refractivity contribution is -0.384. The summed E-state index contributed by atoms with van der Waals surface area (Å²) in [6, 6.07) is 15.7. The summed E-state index contributed by atoms with van der Waals surface area (Å²) < 4.78 is 5.64. The second-order valence-corrected chi connectivity index (χ2v) is 5.96. The van der Waals surface area contributed by atoms with Gasteiger partial charge in [0.05, 0.1) is 11.0 Å². The van der Waals surface area contributed by atoms with Crippen LogP contribution in [0.5, 0.6) is 5.75 Å². The molecule has 0 saturated carbocycles. The van der Waals surface area contributed by atoms with Gasteiger partial charge in [0.15, 0.2) is 5.75 Å². The number of fused-ring (bicyclic) bond motifs is 3. The molecule has 2 atom stereocenters. The van der Waals surface area contributed by atoms with E-state index in [2.05, 4.69) is 11.1 Å². The molecule has 0 radical (unpaired) electrons. The maximum Gasteiger partial charge on any atom is 0.269 e. The Bertz CT molecular complexity index is 1100. The van der Waals surface area contributed by atoms with E-state index in [9.17, 15) is 15.4 Å². The standard InChI is InChI=1S/C19H12N4O3/c20-10-15-16(12-3-1-5-13(9-12)23(24)25)14-7-6-11-4-2-8-22-17(11)18(14)26-19(15)21/h1-9,15-16,21H. The van der Waals surface area contributed by atoms with Gasteiger partial charge in [-0.05, 0) is 11.6 Å². The number of hydrogen-bond donors (Lipinski definition) is 1. The first-order valence-corrected chi connectivity index (χ1v) is 7.88. The van der Waals surface area contributed by atoms with Crippen molar-refractivity contribution >= 4 is 22.5 Å². The molecule has 7 nitrogen and oxygen atoms in total. The van der Waals surface area contributed by atoms with Crippen LogP contribution in [0.15, 0.2) is 54.7 Å². The molecule has 1 aliphatic rings. The minimum absolute atomic E-state index is 0.0577. The van der Waals surface area contributed by atoms with Crippen molar-refractivity contribution in [2.75, 3.05) is 0 Å². The van der Waals surface area contributed by atoms with Crippen LogP contribution in [0.2, 0.25) is 0 Å². The number of rotatable bonds is 2. The molecule has 1 aromatic heterocycles. The summed E-state index contributed by atoms with van der Waals surface area (Å²) in [4.78, 5) is 15.0. The highest BCUT2D eigenvalue weighted by atomic mass is 16.6. The molecule has 126 valence electrons. The summed E-state index contributed by atoms with van der Waals surface area (Å²) in [6.45, 7) is 0. The monoisotopic (exact) mass is 344 g/mol. The lowest BCUT2D eigenvalue weighted by atomic mass is 9.78. The van der Waals surface area contributed by atoms with E-state index in [1.54, 1.807) is 24.4 Å². The molecule has 2 aromatic carbocycles. The predicted octanol–water partition coefficient (Wildman–Crippen LogP) is 3.78. The van der Waals surface area contributed by atoms with Gasteiger partial charge in [0.2, 0.25) is 5.90 Å². The zero-order valence-corrected chi connectivity index (χ0v) is 13.4. The van der Waals surface area contributed by atoms with E-state index in [1.165, 1.54) is 12.1 Å². The summed E-state index contributed by atoms with van der Waals surface area (Å²) in [6.07, 6.45) is 1.63. The minimum Gasteiger partial charge on any atom is -0.440 e. The highest BCUT2D eigenvalue weighted by Crippen LogP contribution is 2.45. The van der Waals surface area contributed by atoms with Gasteiger partial charge in [-0.1, -0.05) is 30.3 Å². The van der Waals surface area contributed by atoms with E-state index in [1.807, 2.05) is 18.2 Å². The van der Waals surface area contributed by atoms with Crippen LogP contribution in [0.3, 0.4) is 0 Å². The van der Waals surface area contributed by atoms with E-state index < -0.39 is 16.8 Å². The summed E-state index contributed by atoms with van der Waals surface area (Å²) in [5, 5.41) is 29.7. The molecule has 0 spiro atoms. The summed E-state index contributed by atoms with van der Waals surface area (Å²) in [5.41, 5.74) is 1.83. The number of nitro groups is 1. The zero-order chi connectivity index (χ0) is 18.3. The number of hydrogen-bond acceptors (Lipinski definition) is 6. The van der Waals surface area contributed by atoms with Crippen LogP contribution in [0, 0.1) is 32.8 Å². The molecule has 0 fully saturated rings. The van der Waals surface area contributed by atoms with E-state index in [-0.39, 0.29) is 11.6 Å². The molecule has 26 heavy (non-hydrogen) atoms. The Morgan fingerprint density at radius 3 is 2.85 bits per heavy atom. The Morgan fingerprint density at radius 2 is 2.08 bits per heavy atom. The number of aromatic nitrogens is 1. The average Bonchev–Trinajstić information content (AvgIpc) is 2.67. The van der Waals surface area contributed by atoms with Crippen LogP contribution in [0.4, 0.5) is 5.69 Å². The van der Waals surface area contributed by atoms with Gasteiger partial charge >= 0.3 is 0 Å². The Morgan fingerprint density at radius 1 is 1.23 bits per heavy atom. The van der Waals surface area contributed by atoms with Crippen molar-refractivity contribution in [1.29, 1.82) is 10.7 Å². The van der Waals surface area contributed by atoms with Crippen LogP contribution >= 0.6 is 0 Å². The molecule has 3 aromatic rings. The lowest BCUT2D eigenvalue weighted by Gasteiger charge is -2.30. The summed E-state index contributed by atoms with van der Waals surface area (Å²) in [7, 11) is 0. The third-order valence-electron chi connectivity index (χ3n) is 4.50. The first-order valence-electron chi connectivity index (χ1n) is 7.88. The van der Waals surface area contributed by atoms with Crippen molar-refractivity contribution in [3.63, 3.8) is 0 Å². The molecule has 2 heterocycles. The predicted molar refractivity (Wildman–Crippen MR) is 94.1 cm³/mol. The van der Waals surface area contributed by atoms with Crippen molar-refractivity contribution in [2.45, 2.75) is 5.92 Å². The minimum atomic E-state index is -0.870. The number of nitriles is 1. The molecule has 0 saturated heterocycles. The van der Waals surface area contributed by atoms with Crippen LogP contribution in [0.1, 0.15) is 17.0 Å². The first-order chi connectivity index (χ1) is 12.6.